The number of hydrogen-bond acceptors (Lipinski definition) is 11. The quantitative estimate of drug-likeness (QED) is 0.396. The number of hydrogen-bond donors (Lipinski definition) is 0. The van der Waals surface area contributed by atoms with Crippen molar-refractivity contribution in [3.63, 3.8) is 0 Å². The Balaban J connectivity index is -0.000000118. The summed E-state index contributed by atoms with van der Waals surface area (Å²) in [4.78, 5) is 29.3. The van der Waals surface area contributed by atoms with E-state index < -0.39 is 15.3 Å². The molecule has 1 rings (SSSR count). The zero-order valence-corrected chi connectivity index (χ0v) is 14.0. The summed E-state index contributed by atoms with van der Waals surface area (Å²) in [5.41, 5.74) is 0. The van der Waals surface area contributed by atoms with Gasteiger partial charge in [0.15, 0.2) is 0 Å². The Labute approximate surface area is 160 Å². The normalized spacial score (nSPS) is 10.5. The van der Waals surface area contributed by atoms with Crippen LogP contribution in [-0.2, 0) is 0 Å². The molecular weight excluding hydrogens is 477 g/mol. The van der Waals surface area contributed by atoms with Crippen molar-refractivity contribution in [1.29, 1.82) is 0 Å². The summed E-state index contributed by atoms with van der Waals surface area (Å²) in [6.07, 6.45) is 6.87. The summed E-state index contributed by atoms with van der Waals surface area (Å²) < 4.78 is 0. The molecule has 15 heteroatoms. The van der Waals surface area contributed by atoms with Crippen molar-refractivity contribution in [2.75, 3.05) is 20.3 Å². The van der Waals surface area contributed by atoms with Gasteiger partial charge in [-0.3, -0.25) is 0 Å². The SMILES string of the molecule is CCCCN1C=CN(C)C1.O=[N+]([O-])[O-].O=[N+]([O-])[O-].O=[N+]([O-])[O-].[Er+3]. The van der Waals surface area contributed by atoms with Crippen LogP contribution in [0.2, 0.25) is 0 Å². The minimum atomic E-state index is -1.75. The Hall–Kier alpha value is -1.81. The molecule has 0 atom stereocenters. The third-order valence-electron chi connectivity index (χ3n) is 1.74. The molecule has 1 heterocycles. The molecule has 0 amide bonds. The van der Waals surface area contributed by atoms with E-state index in [1.165, 1.54) is 19.4 Å². The maximum atomic E-state index is 8.25. The number of unbranched alkanes of at least 4 members (excludes halogenated alkanes) is 1. The molecule has 0 aliphatic carbocycles. The topological polar surface area (TPSA) is 205 Å². The van der Waals surface area contributed by atoms with E-state index >= 15 is 0 Å². The second-order valence-corrected chi connectivity index (χ2v) is 3.53. The molecule has 0 aromatic carbocycles. The third-order valence-corrected chi connectivity index (χ3v) is 1.74. The van der Waals surface area contributed by atoms with Gasteiger partial charge in [0.2, 0.25) is 0 Å². The van der Waals surface area contributed by atoms with Crippen LogP contribution < -0.4 is 0 Å². The minimum absolute atomic E-state index is 0. The molecule has 0 aromatic rings. The first kappa shape index (κ1) is 29.2. The van der Waals surface area contributed by atoms with Crippen LogP contribution in [-0.4, -0.2) is 45.3 Å². The molecule has 0 saturated heterocycles. The van der Waals surface area contributed by atoms with Gasteiger partial charge < -0.3 is 55.8 Å². The molecule has 0 bridgehead atoms. The van der Waals surface area contributed by atoms with Crippen LogP contribution in [0.4, 0.5) is 0 Å². The van der Waals surface area contributed by atoms with Gasteiger partial charge in [0.05, 0.1) is 21.9 Å². The van der Waals surface area contributed by atoms with Crippen molar-refractivity contribution in [1.82, 2.24) is 9.80 Å². The Bertz CT molecular complexity index is 316. The van der Waals surface area contributed by atoms with E-state index in [-0.39, 0.29) is 37.3 Å². The molecular formula is C8H16ErN5O9. The molecule has 1 aliphatic rings. The average molecular weight is 494 g/mol. The summed E-state index contributed by atoms with van der Waals surface area (Å²) in [5.74, 6) is 0. The van der Waals surface area contributed by atoms with E-state index in [1.54, 1.807) is 0 Å². The summed E-state index contributed by atoms with van der Waals surface area (Å²) in [6, 6.07) is 0. The van der Waals surface area contributed by atoms with E-state index in [0.717, 1.165) is 6.67 Å². The van der Waals surface area contributed by atoms with Gasteiger partial charge >= 0.3 is 37.3 Å². The predicted octanol–water partition coefficient (Wildman–Crippen LogP) is 0.745. The molecule has 1 radical (unpaired) electrons. The van der Waals surface area contributed by atoms with Gasteiger partial charge in [-0.05, 0) is 6.42 Å². The van der Waals surface area contributed by atoms with Gasteiger partial charge in [-0.2, -0.15) is 0 Å². The zero-order valence-electron chi connectivity index (χ0n) is 12.2. The fourth-order valence-corrected chi connectivity index (χ4v) is 1.10. The van der Waals surface area contributed by atoms with E-state index in [0.29, 0.717) is 0 Å². The van der Waals surface area contributed by atoms with Gasteiger partial charge in [0.1, 0.15) is 0 Å². The van der Waals surface area contributed by atoms with Crippen molar-refractivity contribution in [2.45, 2.75) is 19.8 Å². The second kappa shape index (κ2) is 20.2. The summed E-state index contributed by atoms with van der Waals surface area (Å²) in [5, 5.41) is 44.2. The van der Waals surface area contributed by atoms with Crippen LogP contribution in [0, 0.1) is 83.3 Å². The molecule has 0 fully saturated rings. The molecule has 0 saturated carbocycles. The predicted molar refractivity (Wildman–Crippen MR) is 74.5 cm³/mol. The minimum Gasteiger partial charge on any atom is -0.362 e. The van der Waals surface area contributed by atoms with Crippen molar-refractivity contribution in [3.05, 3.63) is 58.4 Å². The molecule has 0 unspecified atom stereocenters. The summed E-state index contributed by atoms with van der Waals surface area (Å²) in [7, 11) is 2.10. The maximum absolute atomic E-state index is 8.25. The number of nitrogens with zero attached hydrogens (tertiary/aromatic N) is 5. The van der Waals surface area contributed by atoms with Crippen LogP contribution in [0.3, 0.4) is 0 Å². The largest absolute Gasteiger partial charge is 3.00 e. The first-order chi connectivity index (χ1) is 10.0. The van der Waals surface area contributed by atoms with Crippen molar-refractivity contribution in [3.8, 4) is 0 Å². The molecule has 0 spiro atoms. The average Bonchev–Trinajstić information content (AvgIpc) is 2.70. The number of rotatable bonds is 3. The smallest absolute Gasteiger partial charge is 0.362 e. The van der Waals surface area contributed by atoms with E-state index in [4.69, 9.17) is 46.0 Å². The van der Waals surface area contributed by atoms with Gasteiger partial charge in [-0.1, -0.05) is 13.3 Å². The standard InChI is InChI=1S/C8H16N2.Er.3NO3/c1-3-4-5-10-7-6-9(2)8-10;;3*2-1(3)4/h6-7H,3-5,8H2,1-2H3;;;;/q;+3;3*-1. The molecule has 23 heavy (non-hydrogen) atoms. The fourth-order valence-electron chi connectivity index (χ4n) is 1.10. The fraction of sp³-hybridized carbons (Fsp3) is 0.750. The third kappa shape index (κ3) is 53.4. The summed E-state index contributed by atoms with van der Waals surface area (Å²) >= 11 is 0. The monoisotopic (exact) mass is 492 g/mol. The van der Waals surface area contributed by atoms with Crippen molar-refractivity contribution >= 4 is 0 Å². The molecule has 0 aromatic heterocycles. The Morgan fingerprint density at radius 1 is 0.913 bits per heavy atom. The van der Waals surface area contributed by atoms with Gasteiger partial charge in [-0.25, -0.2) is 0 Å². The van der Waals surface area contributed by atoms with Crippen LogP contribution in [0.25, 0.3) is 0 Å². The van der Waals surface area contributed by atoms with Gasteiger partial charge in [0.25, 0.3) is 0 Å². The molecule has 139 valence electrons. The van der Waals surface area contributed by atoms with Crippen LogP contribution in [0.15, 0.2) is 12.4 Å². The molecule has 1 aliphatic heterocycles. The van der Waals surface area contributed by atoms with E-state index in [2.05, 4.69) is 36.2 Å². The first-order valence-electron chi connectivity index (χ1n) is 5.60. The first-order valence-corrected chi connectivity index (χ1v) is 5.60. The van der Waals surface area contributed by atoms with Crippen molar-refractivity contribution in [2.24, 2.45) is 0 Å². The second-order valence-electron chi connectivity index (χ2n) is 3.53. The summed E-state index contributed by atoms with van der Waals surface area (Å²) in [6.45, 7) is 4.50. The van der Waals surface area contributed by atoms with Crippen LogP contribution >= 0.6 is 0 Å². The van der Waals surface area contributed by atoms with Gasteiger partial charge in [-0.15, -0.1) is 0 Å². The van der Waals surface area contributed by atoms with Gasteiger partial charge in [0, 0.05) is 26.0 Å². The Morgan fingerprint density at radius 3 is 1.48 bits per heavy atom. The Morgan fingerprint density at radius 2 is 1.26 bits per heavy atom. The van der Waals surface area contributed by atoms with E-state index in [9.17, 15) is 0 Å². The van der Waals surface area contributed by atoms with Crippen LogP contribution in [0.1, 0.15) is 19.8 Å². The van der Waals surface area contributed by atoms with Crippen molar-refractivity contribution < 1.29 is 52.6 Å². The molecule has 14 nitrogen and oxygen atoms in total. The van der Waals surface area contributed by atoms with Crippen LogP contribution in [0.5, 0.6) is 0 Å². The van der Waals surface area contributed by atoms with E-state index in [1.807, 2.05) is 0 Å². The zero-order chi connectivity index (χ0) is 18.1. The maximum Gasteiger partial charge on any atom is 3.00 e. The molecule has 0 N–H and O–H groups in total. The Kier molecular flexibility index (Phi) is 25.7.